The van der Waals surface area contributed by atoms with Gasteiger partial charge in [-0.3, -0.25) is 0 Å². The van der Waals surface area contributed by atoms with Gasteiger partial charge in [0.05, 0.1) is 10.1 Å². The van der Waals surface area contributed by atoms with E-state index in [0.29, 0.717) is 6.42 Å². The van der Waals surface area contributed by atoms with Crippen LogP contribution in [0.5, 0.6) is 0 Å². The van der Waals surface area contributed by atoms with Crippen LogP contribution in [0.25, 0.3) is 0 Å². The summed E-state index contributed by atoms with van der Waals surface area (Å²) in [5.41, 5.74) is 0. The molecule has 1 rings (SSSR count). The summed E-state index contributed by atoms with van der Waals surface area (Å²) in [6.07, 6.45) is 0.686. The minimum Gasteiger partial charge on any atom is -0.228 e. The summed E-state index contributed by atoms with van der Waals surface area (Å²) in [6, 6.07) is 0. The number of hydrogen-bond acceptors (Lipinski definition) is 2. The molecule has 1 heterocycles. The van der Waals surface area contributed by atoms with Crippen LogP contribution in [0.15, 0.2) is 0 Å². The summed E-state index contributed by atoms with van der Waals surface area (Å²) in [5.74, 6) is 0.282. The monoisotopic (exact) mass is 290 g/mol. The zero-order chi connectivity index (χ0) is 7.99. The van der Waals surface area contributed by atoms with E-state index in [4.69, 9.17) is 0 Å². The van der Waals surface area contributed by atoms with E-state index in [0.717, 1.165) is 0 Å². The van der Waals surface area contributed by atoms with E-state index in [1.807, 2.05) is 6.92 Å². The molecular weight excluding hydrogens is 284 g/mol. The van der Waals surface area contributed by atoms with Crippen molar-refractivity contribution in [1.29, 1.82) is 0 Å². The quantitative estimate of drug-likeness (QED) is 0.637. The predicted octanol–water partition coefficient (Wildman–Crippen LogP) is 1.68. The first-order valence-corrected chi connectivity index (χ1v) is 6.33. The van der Waals surface area contributed by atoms with E-state index >= 15 is 0 Å². The first-order valence-electron chi connectivity index (χ1n) is 2.91. The Balaban J connectivity index is 2.99. The number of hydrogen-bond donors (Lipinski definition) is 0. The second-order valence-corrected chi connectivity index (χ2v) is 8.25. The van der Waals surface area contributed by atoms with E-state index in [1.54, 1.807) is 0 Å². The summed E-state index contributed by atoms with van der Waals surface area (Å²) >= 11 is 6.50. The lowest BCUT2D eigenvalue weighted by Crippen LogP contribution is -2.25. The highest BCUT2D eigenvalue weighted by atomic mass is 79.9. The van der Waals surface area contributed by atoms with Crippen molar-refractivity contribution >= 4 is 41.7 Å². The highest BCUT2D eigenvalue weighted by Gasteiger charge is 2.45. The first kappa shape index (κ1) is 9.00. The molecule has 2 nitrogen and oxygen atoms in total. The van der Waals surface area contributed by atoms with Crippen molar-refractivity contribution in [3.8, 4) is 0 Å². The van der Waals surface area contributed by atoms with Gasteiger partial charge in [-0.15, -0.1) is 0 Å². The molecule has 0 N–H and O–H groups in total. The van der Waals surface area contributed by atoms with Gasteiger partial charge in [0.25, 0.3) is 0 Å². The van der Waals surface area contributed by atoms with Gasteiger partial charge in [0.15, 0.2) is 9.84 Å². The molecule has 1 aliphatic rings. The SMILES string of the molecule is C[C@]1(Br)CCS(=O)(=O)[C@H]1Br. The molecular formula is C5H8Br2O2S. The van der Waals surface area contributed by atoms with Crippen LogP contribution in [0, 0.1) is 0 Å². The lowest BCUT2D eigenvalue weighted by atomic mass is 10.2. The molecule has 0 radical (unpaired) electrons. The molecule has 0 aromatic carbocycles. The smallest absolute Gasteiger partial charge is 0.164 e. The Kier molecular flexibility index (Phi) is 2.21. The first-order chi connectivity index (χ1) is 4.36. The zero-order valence-electron chi connectivity index (χ0n) is 5.47. The summed E-state index contributed by atoms with van der Waals surface area (Å²) < 4.78 is 21.5. The van der Waals surface area contributed by atoms with E-state index in [9.17, 15) is 8.42 Å². The van der Waals surface area contributed by atoms with E-state index in [1.165, 1.54) is 0 Å². The fourth-order valence-corrected chi connectivity index (χ4v) is 4.82. The van der Waals surface area contributed by atoms with Gasteiger partial charge in [0.1, 0.15) is 4.16 Å². The largest absolute Gasteiger partial charge is 0.228 e. The van der Waals surface area contributed by atoms with E-state index in [-0.39, 0.29) is 10.1 Å². The van der Waals surface area contributed by atoms with E-state index < -0.39 is 14.0 Å². The van der Waals surface area contributed by atoms with Gasteiger partial charge >= 0.3 is 0 Å². The Morgan fingerprint density at radius 2 is 2.10 bits per heavy atom. The molecule has 5 heteroatoms. The lowest BCUT2D eigenvalue weighted by Gasteiger charge is -2.16. The normalized spacial score (nSPS) is 45.7. The Bertz CT molecular complexity index is 232. The molecule has 0 unspecified atom stereocenters. The molecule has 60 valence electrons. The highest BCUT2D eigenvalue weighted by Crippen LogP contribution is 2.41. The summed E-state index contributed by atoms with van der Waals surface area (Å²) in [6.45, 7) is 1.89. The summed E-state index contributed by atoms with van der Waals surface area (Å²) in [7, 11) is -2.86. The van der Waals surface area contributed by atoms with Crippen molar-refractivity contribution in [3.63, 3.8) is 0 Å². The van der Waals surface area contributed by atoms with Crippen LogP contribution in [0.3, 0.4) is 0 Å². The average molecular weight is 292 g/mol. The molecule has 1 fully saturated rings. The van der Waals surface area contributed by atoms with Gasteiger partial charge in [-0.1, -0.05) is 31.9 Å². The van der Waals surface area contributed by atoms with Gasteiger partial charge in [-0.05, 0) is 13.3 Å². The fourth-order valence-electron chi connectivity index (χ4n) is 0.933. The van der Waals surface area contributed by atoms with Crippen LogP contribution in [-0.4, -0.2) is 22.7 Å². The molecule has 0 spiro atoms. The molecule has 0 amide bonds. The fraction of sp³-hybridized carbons (Fsp3) is 1.00. The van der Waals surface area contributed by atoms with Crippen LogP contribution in [0.1, 0.15) is 13.3 Å². The average Bonchev–Trinajstić information content (AvgIpc) is 1.95. The molecule has 0 bridgehead atoms. The van der Waals surface area contributed by atoms with Crippen molar-refractivity contribution in [2.45, 2.75) is 21.8 Å². The topological polar surface area (TPSA) is 34.1 Å². The lowest BCUT2D eigenvalue weighted by molar-refractivity contribution is 0.599. The molecule has 1 aliphatic heterocycles. The molecule has 0 saturated carbocycles. The molecule has 10 heavy (non-hydrogen) atoms. The van der Waals surface area contributed by atoms with Gasteiger partial charge in [-0.25, -0.2) is 8.42 Å². The predicted molar refractivity (Wildman–Crippen MR) is 48.5 cm³/mol. The van der Waals surface area contributed by atoms with Gasteiger partial charge < -0.3 is 0 Å². The Labute approximate surface area is 77.6 Å². The standard InChI is InChI=1S/C5H8Br2O2S/c1-5(7)2-3-10(8,9)4(5)6/h4H,2-3H2,1H3/t4-,5+/m1/s1. The molecule has 0 aromatic rings. The van der Waals surface area contributed by atoms with Crippen LogP contribution in [0.2, 0.25) is 0 Å². The zero-order valence-corrected chi connectivity index (χ0v) is 9.46. The van der Waals surface area contributed by atoms with Crippen molar-refractivity contribution in [2.75, 3.05) is 5.75 Å². The Morgan fingerprint density at radius 3 is 2.20 bits per heavy atom. The Morgan fingerprint density at radius 1 is 1.60 bits per heavy atom. The molecule has 0 aromatic heterocycles. The minimum absolute atomic E-state index is 0.272. The highest BCUT2D eigenvalue weighted by molar-refractivity contribution is 9.13. The third-order valence-electron chi connectivity index (χ3n) is 1.66. The van der Waals surface area contributed by atoms with E-state index in [2.05, 4.69) is 31.9 Å². The number of sulfone groups is 1. The number of alkyl halides is 2. The molecule has 0 aliphatic carbocycles. The minimum atomic E-state index is -2.86. The van der Waals surface area contributed by atoms with Gasteiger partial charge in [0.2, 0.25) is 0 Å². The third kappa shape index (κ3) is 1.41. The molecule has 1 saturated heterocycles. The van der Waals surface area contributed by atoms with Crippen molar-refractivity contribution in [1.82, 2.24) is 0 Å². The van der Waals surface area contributed by atoms with Crippen LogP contribution < -0.4 is 0 Å². The maximum atomic E-state index is 11.1. The maximum Gasteiger partial charge on any atom is 0.164 e. The van der Waals surface area contributed by atoms with Gasteiger partial charge in [-0.2, -0.15) is 0 Å². The summed E-state index contributed by atoms with van der Waals surface area (Å²) in [5, 5.41) is 0. The number of rotatable bonds is 0. The van der Waals surface area contributed by atoms with Gasteiger partial charge in [0, 0.05) is 0 Å². The van der Waals surface area contributed by atoms with Crippen LogP contribution in [0.4, 0.5) is 0 Å². The summed E-state index contributed by atoms with van der Waals surface area (Å²) in [4.78, 5) is 0. The van der Waals surface area contributed by atoms with Crippen molar-refractivity contribution in [3.05, 3.63) is 0 Å². The molecule has 2 atom stereocenters. The number of halogens is 2. The van der Waals surface area contributed by atoms with Crippen LogP contribution in [-0.2, 0) is 9.84 Å². The van der Waals surface area contributed by atoms with Crippen LogP contribution >= 0.6 is 31.9 Å². The maximum absolute atomic E-state index is 11.1. The Hall–Kier alpha value is 0.910. The van der Waals surface area contributed by atoms with Crippen molar-refractivity contribution < 1.29 is 8.42 Å². The second-order valence-electron chi connectivity index (χ2n) is 2.71. The second kappa shape index (κ2) is 2.45. The third-order valence-corrected chi connectivity index (χ3v) is 8.08. The van der Waals surface area contributed by atoms with Crippen molar-refractivity contribution in [2.24, 2.45) is 0 Å².